The maximum Gasteiger partial charge on any atom is 0.132 e. The molecule has 4 nitrogen and oxygen atoms in total. The highest BCUT2D eigenvalue weighted by Crippen LogP contribution is 2.37. The van der Waals surface area contributed by atoms with Crippen molar-refractivity contribution in [2.45, 2.75) is 20.8 Å². The van der Waals surface area contributed by atoms with Gasteiger partial charge in [-0.25, -0.2) is 4.98 Å². The van der Waals surface area contributed by atoms with Gasteiger partial charge in [0.15, 0.2) is 0 Å². The molecule has 0 amide bonds. The highest BCUT2D eigenvalue weighted by Gasteiger charge is 2.13. The number of benzene rings is 2. The summed E-state index contributed by atoms with van der Waals surface area (Å²) in [5.41, 5.74) is 6.94. The smallest absolute Gasteiger partial charge is 0.132 e. The third kappa shape index (κ3) is 4.00. The van der Waals surface area contributed by atoms with Crippen LogP contribution in [-0.4, -0.2) is 25.4 Å². The first-order valence-corrected chi connectivity index (χ1v) is 8.84. The van der Waals surface area contributed by atoms with Gasteiger partial charge in [-0.1, -0.05) is 29.8 Å². The summed E-state index contributed by atoms with van der Waals surface area (Å²) in [4.78, 5) is 9.43. The number of nitrogens with zero attached hydrogens (tertiary/aromatic N) is 2. The minimum atomic E-state index is 0.723. The number of aliphatic imine (C=N–C) groups is 1. The van der Waals surface area contributed by atoms with Crippen LogP contribution in [0, 0.1) is 20.8 Å². The zero-order chi connectivity index (χ0) is 19.4. The van der Waals surface area contributed by atoms with Crippen molar-refractivity contribution in [2.75, 3.05) is 14.2 Å². The quantitative estimate of drug-likeness (QED) is 0.569. The molecule has 3 aromatic rings. The molecule has 138 valence electrons. The molecule has 0 N–H and O–H groups in total. The highest BCUT2D eigenvalue weighted by atomic mass is 16.5. The predicted octanol–water partition coefficient (Wildman–Crippen LogP) is 5.44. The number of aromatic nitrogens is 1. The van der Waals surface area contributed by atoms with Crippen molar-refractivity contribution in [3.8, 4) is 22.8 Å². The van der Waals surface area contributed by atoms with E-state index in [0.29, 0.717) is 0 Å². The molecule has 27 heavy (non-hydrogen) atoms. The molecule has 4 heteroatoms. The Morgan fingerprint density at radius 3 is 2.04 bits per heavy atom. The predicted molar refractivity (Wildman–Crippen MR) is 111 cm³/mol. The Hall–Kier alpha value is -3.14. The Balaban J connectivity index is 2.01. The van der Waals surface area contributed by atoms with E-state index in [0.717, 1.165) is 45.3 Å². The summed E-state index contributed by atoms with van der Waals surface area (Å²) in [5, 5.41) is 0. The van der Waals surface area contributed by atoms with Gasteiger partial charge in [-0.05, 0) is 56.2 Å². The van der Waals surface area contributed by atoms with Gasteiger partial charge in [0.1, 0.15) is 11.5 Å². The molecule has 0 bridgehead atoms. The van der Waals surface area contributed by atoms with Crippen LogP contribution in [0.25, 0.3) is 11.3 Å². The van der Waals surface area contributed by atoms with E-state index in [1.165, 1.54) is 5.56 Å². The number of ether oxygens (including phenoxy) is 2. The van der Waals surface area contributed by atoms with Crippen molar-refractivity contribution in [2.24, 2.45) is 4.99 Å². The topological polar surface area (TPSA) is 43.7 Å². The largest absolute Gasteiger partial charge is 0.496 e. The second-order valence-corrected chi connectivity index (χ2v) is 6.49. The van der Waals surface area contributed by atoms with Crippen molar-refractivity contribution in [1.29, 1.82) is 0 Å². The van der Waals surface area contributed by atoms with Gasteiger partial charge in [-0.15, -0.1) is 0 Å². The Bertz CT molecular complexity index is 948. The fourth-order valence-electron chi connectivity index (χ4n) is 3.27. The lowest BCUT2D eigenvalue weighted by Crippen LogP contribution is -1.96. The fraction of sp³-hybridized carbons (Fsp3) is 0.217. The van der Waals surface area contributed by atoms with Gasteiger partial charge in [0, 0.05) is 0 Å². The van der Waals surface area contributed by atoms with Crippen LogP contribution in [0.4, 0.5) is 5.69 Å². The average molecular weight is 360 g/mol. The van der Waals surface area contributed by atoms with Gasteiger partial charge in [-0.2, -0.15) is 0 Å². The van der Waals surface area contributed by atoms with Crippen LogP contribution in [-0.2, 0) is 0 Å². The molecule has 0 saturated carbocycles. The maximum absolute atomic E-state index is 5.50. The first kappa shape index (κ1) is 18.6. The van der Waals surface area contributed by atoms with E-state index in [1.54, 1.807) is 20.4 Å². The van der Waals surface area contributed by atoms with Gasteiger partial charge in [0.25, 0.3) is 0 Å². The SMILES string of the molecule is COc1cccc(OC)c1-c1cccc(C=Nc2c(C)cc(C)cc2C)n1. The van der Waals surface area contributed by atoms with Gasteiger partial charge in [-0.3, -0.25) is 4.99 Å². The van der Waals surface area contributed by atoms with Crippen molar-refractivity contribution in [3.63, 3.8) is 0 Å². The van der Waals surface area contributed by atoms with Gasteiger partial charge < -0.3 is 9.47 Å². The molecular weight excluding hydrogens is 336 g/mol. The molecule has 0 fully saturated rings. The number of aryl methyl sites for hydroxylation is 3. The van der Waals surface area contributed by atoms with E-state index in [4.69, 9.17) is 14.5 Å². The van der Waals surface area contributed by atoms with Gasteiger partial charge in [0.2, 0.25) is 0 Å². The molecule has 3 rings (SSSR count). The molecule has 0 unspecified atom stereocenters. The monoisotopic (exact) mass is 360 g/mol. The standard InChI is InChI=1S/C23H24N2O2/c1-15-12-16(2)23(17(3)13-15)24-14-18-8-6-9-19(25-18)22-20(26-4)10-7-11-21(22)27-5/h6-14H,1-5H3. The Morgan fingerprint density at radius 2 is 1.44 bits per heavy atom. The van der Waals surface area contributed by atoms with Crippen LogP contribution in [0.1, 0.15) is 22.4 Å². The third-order valence-electron chi connectivity index (χ3n) is 4.42. The molecular formula is C23H24N2O2. The van der Waals surface area contributed by atoms with Crippen molar-refractivity contribution < 1.29 is 9.47 Å². The van der Waals surface area contributed by atoms with Gasteiger partial charge >= 0.3 is 0 Å². The van der Waals surface area contributed by atoms with Crippen LogP contribution in [0.15, 0.2) is 53.5 Å². The summed E-state index contributed by atoms with van der Waals surface area (Å²) in [7, 11) is 3.29. The van der Waals surface area contributed by atoms with Crippen molar-refractivity contribution in [1.82, 2.24) is 4.98 Å². The first-order valence-electron chi connectivity index (χ1n) is 8.84. The minimum Gasteiger partial charge on any atom is -0.496 e. The second kappa shape index (κ2) is 8.04. The summed E-state index contributed by atoms with van der Waals surface area (Å²) in [5.74, 6) is 1.45. The number of methoxy groups -OCH3 is 2. The Labute approximate surface area is 160 Å². The van der Waals surface area contributed by atoms with Crippen LogP contribution >= 0.6 is 0 Å². The molecule has 0 radical (unpaired) electrons. The van der Waals surface area contributed by atoms with E-state index in [1.807, 2.05) is 36.4 Å². The van der Waals surface area contributed by atoms with E-state index >= 15 is 0 Å². The number of pyridine rings is 1. The van der Waals surface area contributed by atoms with E-state index in [2.05, 4.69) is 37.9 Å². The normalized spacial score (nSPS) is 11.0. The lowest BCUT2D eigenvalue weighted by molar-refractivity contribution is 0.397. The molecule has 0 spiro atoms. The van der Waals surface area contributed by atoms with Crippen LogP contribution < -0.4 is 9.47 Å². The zero-order valence-corrected chi connectivity index (χ0v) is 16.4. The van der Waals surface area contributed by atoms with Gasteiger partial charge in [0.05, 0.1) is 43.1 Å². The molecule has 0 aliphatic carbocycles. The number of hydrogen-bond donors (Lipinski definition) is 0. The molecule has 0 atom stereocenters. The zero-order valence-electron chi connectivity index (χ0n) is 16.4. The Morgan fingerprint density at radius 1 is 0.852 bits per heavy atom. The molecule has 0 aliphatic rings. The van der Waals surface area contributed by atoms with E-state index < -0.39 is 0 Å². The first-order chi connectivity index (χ1) is 13.0. The Kier molecular flexibility index (Phi) is 5.55. The molecule has 2 aromatic carbocycles. The number of hydrogen-bond acceptors (Lipinski definition) is 4. The molecule has 1 aromatic heterocycles. The maximum atomic E-state index is 5.50. The van der Waals surface area contributed by atoms with Crippen LogP contribution in [0.2, 0.25) is 0 Å². The molecule has 0 saturated heterocycles. The lowest BCUT2D eigenvalue weighted by Gasteiger charge is -2.12. The van der Waals surface area contributed by atoms with E-state index in [9.17, 15) is 0 Å². The molecule has 1 heterocycles. The summed E-state index contributed by atoms with van der Waals surface area (Å²) < 4.78 is 11.0. The average Bonchev–Trinajstić information content (AvgIpc) is 2.66. The summed E-state index contributed by atoms with van der Waals surface area (Å²) in [6.07, 6.45) is 1.80. The van der Waals surface area contributed by atoms with Crippen LogP contribution in [0.3, 0.4) is 0 Å². The number of rotatable bonds is 5. The third-order valence-corrected chi connectivity index (χ3v) is 4.42. The molecule has 0 aliphatic heterocycles. The summed E-state index contributed by atoms with van der Waals surface area (Å²) >= 11 is 0. The van der Waals surface area contributed by atoms with E-state index in [-0.39, 0.29) is 0 Å². The van der Waals surface area contributed by atoms with Crippen molar-refractivity contribution in [3.05, 3.63) is 70.9 Å². The lowest BCUT2D eigenvalue weighted by atomic mass is 10.1. The fourth-order valence-corrected chi connectivity index (χ4v) is 3.27. The van der Waals surface area contributed by atoms with Crippen LogP contribution in [0.5, 0.6) is 11.5 Å². The second-order valence-electron chi connectivity index (χ2n) is 6.49. The minimum absolute atomic E-state index is 0.723. The van der Waals surface area contributed by atoms with Crippen molar-refractivity contribution >= 4 is 11.9 Å². The highest BCUT2D eigenvalue weighted by molar-refractivity contribution is 5.83. The summed E-state index contributed by atoms with van der Waals surface area (Å²) in [6.45, 7) is 6.26. The summed E-state index contributed by atoms with van der Waals surface area (Å²) in [6, 6.07) is 15.8.